The molecule has 1 aliphatic heterocycles. The van der Waals surface area contributed by atoms with Gasteiger partial charge in [0.1, 0.15) is 0 Å². The lowest BCUT2D eigenvalue weighted by Gasteiger charge is -2.34. The van der Waals surface area contributed by atoms with E-state index in [1.807, 2.05) is 72.8 Å². The van der Waals surface area contributed by atoms with Gasteiger partial charge in [0, 0.05) is 0 Å². The maximum atomic E-state index is 6.29. The van der Waals surface area contributed by atoms with E-state index in [2.05, 4.69) is 0 Å². The smallest absolute Gasteiger partial charge is 0.180 e. The molecule has 1 aliphatic rings. The Hall–Kier alpha value is -2.53. The highest BCUT2D eigenvalue weighted by Crippen LogP contribution is 2.40. The number of halogens is 1. The van der Waals surface area contributed by atoms with Gasteiger partial charge >= 0.3 is 0 Å². The summed E-state index contributed by atoms with van der Waals surface area (Å²) < 4.78 is 24.1. The van der Waals surface area contributed by atoms with E-state index >= 15 is 0 Å². The van der Waals surface area contributed by atoms with Crippen molar-refractivity contribution in [3.05, 3.63) is 95.0 Å². The number of fused-ring (bicyclic) bond motifs is 1. The van der Waals surface area contributed by atoms with Crippen LogP contribution in [-0.2, 0) is 22.7 Å². The molecule has 0 aliphatic carbocycles. The van der Waals surface area contributed by atoms with Crippen LogP contribution in [0, 0.1) is 0 Å². The summed E-state index contributed by atoms with van der Waals surface area (Å²) in [6, 6.07) is 25.6. The normalized spacial score (nSPS) is 17.8. The fourth-order valence-electron chi connectivity index (χ4n) is 3.18. The van der Waals surface area contributed by atoms with E-state index < -0.39 is 0 Å². The Morgan fingerprint density at radius 2 is 1.21 bits per heavy atom. The van der Waals surface area contributed by atoms with Gasteiger partial charge in [0.2, 0.25) is 0 Å². The maximum absolute atomic E-state index is 6.29. The monoisotopic (exact) mass is 410 g/mol. The molecule has 150 valence electrons. The lowest BCUT2D eigenvalue weighted by atomic mass is 10.1. The van der Waals surface area contributed by atoms with Gasteiger partial charge in [-0.2, -0.15) is 0 Å². The van der Waals surface area contributed by atoms with Gasteiger partial charge in [0.05, 0.1) is 31.5 Å². The van der Waals surface area contributed by atoms with Gasteiger partial charge in [-0.3, -0.25) is 0 Å². The number of rotatable bonds is 8. The van der Waals surface area contributed by atoms with Crippen LogP contribution in [0.5, 0.6) is 11.5 Å². The molecule has 0 aromatic heterocycles. The zero-order chi connectivity index (χ0) is 19.9. The quantitative estimate of drug-likeness (QED) is 0.506. The van der Waals surface area contributed by atoms with Crippen LogP contribution in [0.2, 0.25) is 5.02 Å². The van der Waals surface area contributed by atoms with Gasteiger partial charge in [-0.05, 0) is 23.3 Å². The Balaban J connectivity index is 1.39. The molecule has 0 spiro atoms. The second kappa shape index (κ2) is 9.79. The lowest BCUT2D eigenvalue weighted by molar-refractivity contribution is -0.0714. The molecule has 2 atom stereocenters. The van der Waals surface area contributed by atoms with Crippen molar-refractivity contribution in [2.24, 2.45) is 0 Å². The van der Waals surface area contributed by atoms with Gasteiger partial charge < -0.3 is 18.9 Å². The Labute approximate surface area is 175 Å². The number of hydrogen-bond acceptors (Lipinski definition) is 4. The van der Waals surface area contributed by atoms with Crippen molar-refractivity contribution in [2.45, 2.75) is 25.4 Å². The Bertz CT molecular complexity index is 901. The molecule has 3 aromatic carbocycles. The van der Waals surface area contributed by atoms with Crippen molar-refractivity contribution < 1.29 is 18.9 Å². The zero-order valence-corrected chi connectivity index (χ0v) is 16.8. The number of hydrogen-bond donors (Lipinski definition) is 0. The summed E-state index contributed by atoms with van der Waals surface area (Å²) >= 11 is 6.29. The van der Waals surface area contributed by atoms with Crippen LogP contribution in [0.3, 0.4) is 0 Å². The van der Waals surface area contributed by atoms with E-state index in [9.17, 15) is 0 Å². The summed E-state index contributed by atoms with van der Waals surface area (Å²) in [5.41, 5.74) is 2.23. The molecule has 1 heterocycles. The molecule has 0 radical (unpaired) electrons. The summed E-state index contributed by atoms with van der Waals surface area (Å²) in [6.07, 6.45) is -0.609. The Morgan fingerprint density at radius 3 is 1.79 bits per heavy atom. The van der Waals surface area contributed by atoms with E-state index in [1.165, 1.54) is 0 Å². The zero-order valence-electron chi connectivity index (χ0n) is 16.0. The van der Waals surface area contributed by atoms with E-state index in [0.717, 1.165) is 11.1 Å². The summed E-state index contributed by atoms with van der Waals surface area (Å²) in [5.74, 6) is 1.19. The van der Waals surface area contributed by atoms with Crippen LogP contribution < -0.4 is 9.47 Å². The van der Waals surface area contributed by atoms with E-state index in [-0.39, 0.29) is 12.2 Å². The van der Waals surface area contributed by atoms with Crippen molar-refractivity contribution in [3.63, 3.8) is 0 Å². The SMILES string of the molecule is Clc1cccc2c1O[C@@H](COCc1ccccc1)[C@H](COCc1ccccc1)O2. The highest BCUT2D eigenvalue weighted by molar-refractivity contribution is 6.32. The summed E-state index contributed by atoms with van der Waals surface area (Å²) in [4.78, 5) is 0. The molecule has 0 unspecified atom stereocenters. The van der Waals surface area contributed by atoms with E-state index in [4.69, 9.17) is 30.5 Å². The molecule has 0 bridgehead atoms. The second-order valence-corrected chi connectivity index (χ2v) is 7.29. The maximum Gasteiger partial charge on any atom is 0.180 e. The first-order chi connectivity index (χ1) is 14.3. The molecule has 4 rings (SSSR count). The van der Waals surface area contributed by atoms with Crippen molar-refractivity contribution in [2.75, 3.05) is 13.2 Å². The van der Waals surface area contributed by atoms with Crippen LogP contribution in [0.1, 0.15) is 11.1 Å². The molecule has 29 heavy (non-hydrogen) atoms. The van der Waals surface area contributed by atoms with Crippen LogP contribution >= 0.6 is 11.6 Å². The van der Waals surface area contributed by atoms with Crippen LogP contribution in [0.15, 0.2) is 78.9 Å². The van der Waals surface area contributed by atoms with Gasteiger partial charge in [-0.25, -0.2) is 0 Å². The molecule has 0 saturated heterocycles. The molecule has 4 nitrogen and oxygen atoms in total. The van der Waals surface area contributed by atoms with E-state index in [1.54, 1.807) is 6.07 Å². The first-order valence-corrected chi connectivity index (χ1v) is 10.0. The fraction of sp³-hybridized carbons (Fsp3) is 0.250. The lowest BCUT2D eigenvalue weighted by Crippen LogP contribution is -2.45. The second-order valence-electron chi connectivity index (χ2n) is 6.88. The van der Waals surface area contributed by atoms with Gasteiger partial charge in [0.15, 0.2) is 23.7 Å². The van der Waals surface area contributed by atoms with Crippen molar-refractivity contribution in [1.82, 2.24) is 0 Å². The Kier molecular flexibility index (Phi) is 6.67. The highest BCUT2D eigenvalue weighted by Gasteiger charge is 2.33. The molecule has 0 saturated carbocycles. The molecule has 0 N–H and O–H groups in total. The van der Waals surface area contributed by atoms with Gasteiger partial charge in [0.25, 0.3) is 0 Å². The Morgan fingerprint density at radius 1 is 0.655 bits per heavy atom. The molecule has 5 heteroatoms. The minimum atomic E-state index is -0.318. The van der Waals surface area contributed by atoms with Crippen molar-refractivity contribution in [3.8, 4) is 11.5 Å². The van der Waals surface area contributed by atoms with Crippen LogP contribution in [-0.4, -0.2) is 25.4 Å². The predicted molar refractivity (Wildman–Crippen MR) is 112 cm³/mol. The van der Waals surface area contributed by atoms with Crippen LogP contribution in [0.25, 0.3) is 0 Å². The highest BCUT2D eigenvalue weighted by atomic mass is 35.5. The summed E-state index contributed by atoms with van der Waals surface area (Å²) in [7, 11) is 0. The third-order valence-electron chi connectivity index (χ3n) is 4.68. The molecular weight excluding hydrogens is 388 g/mol. The third kappa shape index (κ3) is 5.30. The van der Waals surface area contributed by atoms with Crippen molar-refractivity contribution in [1.29, 1.82) is 0 Å². The standard InChI is InChI=1S/C24H23ClO4/c25-20-12-7-13-21-24(20)29-23(17-27-15-19-10-5-2-6-11-19)22(28-21)16-26-14-18-8-3-1-4-9-18/h1-13,22-23H,14-17H2/t22-,23-/m0/s1. The average Bonchev–Trinajstić information content (AvgIpc) is 2.76. The molecular formula is C24H23ClO4. The fourth-order valence-corrected chi connectivity index (χ4v) is 3.39. The predicted octanol–water partition coefficient (Wildman–Crippen LogP) is 5.28. The topological polar surface area (TPSA) is 36.9 Å². The average molecular weight is 411 g/mol. The largest absolute Gasteiger partial charge is 0.480 e. The van der Waals surface area contributed by atoms with Crippen LogP contribution in [0.4, 0.5) is 0 Å². The van der Waals surface area contributed by atoms with Gasteiger partial charge in [-0.15, -0.1) is 0 Å². The van der Waals surface area contributed by atoms with E-state index in [0.29, 0.717) is 42.9 Å². The molecule has 0 amide bonds. The van der Waals surface area contributed by atoms with Crippen molar-refractivity contribution >= 4 is 11.6 Å². The molecule has 3 aromatic rings. The first kappa shape index (κ1) is 19.8. The first-order valence-electron chi connectivity index (χ1n) is 9.65. The summed E-state index contributed by atoms with van der Waals surface area (Å²) in [6.45, 7) is 1.79. The van der Waals surface area contributed by atoms with Gasteiger partial charge in [-0.1, -0.05) is 78.3 Å². The summed E-state index contributed by atoms with van der Waals surface area (Å²) in [5, 5.41) is 0.527. The number of ether oxygens (including phenoxy) is 4. The minimum Gasteiger partial charge on any atom is -0.480 e. The third-order valence-corrected chi connectivity index (χ3v) is 4.98. The minimum absolute atomic E-state index is 0.291. The number of benzene rings is 3. The number of para-hydroxylation sites is 1. The molecule has 0 fully saturated rings.